The Hall–Kier alpha value is -2.25. The summed E-state index contributed by atoms with van der Waals surface area (Å²) in [5.41, 5.74) is 0.847. The predicted octanol–water partition coefficient (Wildman–Crippen LogP) is 8.76. The standard InChI is InChI=1S/C19H26F3NO3.C14H18F3NO.2ClH/c1-18(2,3)26-17(24)23-11-9-15(10-12-23)16(19(20,21)22)25-13-14-7-5-4-6-8-14;15-14(16,17)13(12-6-8-18-9-7-12)19-10-11-4-2-1-3-5-11;;/h4-8,15-16H,9-13H2,1-3H3;1-5,12-13,18H,6-10H2;2*1H. The molecule has 0 bridgehead atoms. The third kappa shape index (κ3) is 15.2. The summed E-state index contributed by atoms with van der Waals surface area (Å²) in [6, 6.07) is 17.8. The summed E-state index contributed by atoms with van der Waals surface area (Å²) in [4.78, 5) is 13.5. The SMILES string of the molecule is CC(C)(C)OC(=O)N1CCC(C(OCc2ccccc2)C(F)(F)F)CC1.Cl.Cl.FC(F)(F)C(OCc1ccccc1)C1CCNCC1. The minimum Gasteiger partial charge on any atom is -0.444 e. The van der Waals surface area contributed by atoms with Crippen LogP contribution in [0, 0.1) is 11.8 Å². The third-order valence-electron chi connectivity index (χ3n) is 7.62. The van der Waals surface area contributed by atoms with Gasteiger partial charge in [-0.25, -0.2) is 4.79 Å². The van der Waals surface area contributed by atoms with Crippen LogP contribution in [-0.2, 0) is 27.4 Å². The fourth-order valence-corrected chi connectivity index (χ4v) is 5.37. The van der Waals surface area contributed by atoms with Crippen molar-refractivity contribution in [3.05, 3.63) is 71.8 Å². The van der Waals surface area contributed by atoms with E-state index in [0.29, 0.717) is 31.5 Å². The van der Waals surface area contributed by atoms with Crippen LogP contribution in [0.4, 0.5) is 31.1 Å². The van der Waals surface area contributed by atoms with E-state index in [0.717, 1.165) is 5.56 Å². The van der Waals surface area contributed by atoms with Crippen LogP contribution < -0.4 is 5.32 Å². The first-order valence-electron chi connectivity index (χ1n) is 15.3. The van der Waals surface area contributed by atoms with Gasteiger partial charge in [0.15, 0.2) is 12.2 Å². The highest BCUT2D eigenvalue weighted by atomic mass is 35.5. The number of likely N-dealkylation sites (tertiary alicyclic amines) is 1. The molecule has 2 aromatic carbocycles. The number of nitrogens with zero attached hydrogens (tertiary/aromatic N) is 1. The average Bonchev–Trinajstić information content (AvgIpc) is 2.97. The zero-order valence-corrected chi connectivity index (χ0v) is 28.5. The molecule has 2 aliphatic heterocycles. The van der Waals surface area contributed by atoms with Crippen LogP contribution in [0.5, 0.6) is 0 Å². The Morgan fingerprint density at radius 2 is 1.11 bits per heavy atom. The first-order chi connectivity index (χ1) is 21.1. The number of alkyl halides is 6. The minimum atomic E-state index is -4.44. The Balaban J connectivity index is 0.000000470. The summed E-state index contributed by atoms with van der Waals surface area (Å²) in [5, 5.41) is 3.07. The molecule has 2 atom stereocenters. The lowest BCUT2D eigenvalue weighted by molar-refractivity contribution is -0.243. The number of hydrogen-bond acceptors (Lipinski definition) is 5. The van der Waals surface area contributed by atoms with Gasteiger partial charge < -0.3 is 24.4 Å². The Bertz CT molecular complexity index is 1140. The first kappa shape index (κ1) is 42.8. The molecule has 2 fully saturated rings. The summed E-state index contributed by atoms with van der Waals surface area (Å²) >= 11 is 0. The summed E-state index contributed by atoms with van der Waals surface area (Å²) in [6.45, 7) is 6.93. The molecule has 2 saturated heterocycles. The highest BCUT2D eigenvalue weighted by molar-refractivity contribution is 5.85. The van der Waals surface area contributed by atoms with Crippen molar-refractivity contribution < 1.29 is 45.3 Å². The number of rotatable bonds is 8. The molecule has 1 N–H and O–H groups in total. The van der Waals surface area contributed by atoms with Crippen molar-refractivity contribution in [2.24, 2.45) is 11.8 Å². The molecule has 268 valence electrons. The minimum absolute atomic E-state index is 0. The van der Waals surface area contributed by atoms with Gasteiger partial charge in [0.1, 0.15) is 5.60 Å². The van der Waals surface area contributed by atoms with E-state index < -0.39 is 48.1 Å². The van der Waals surface area contributed by atoms with Crippen molar-refractivity contribution in [1.82, 2.24) is 10.2 Å². The molecule has 0 saturated carbocycles. The maximum Gasteiger partial charge on any atom is 0.414 e. The van der Waals surface area contributed by atoms with Crippen molar-refractivity contribution in [3.8, 4) is 0 Å². The lowest BCUT2D eigenvalue weighted by atomic mass is 9.91. The molecular formula is C33H46Cl2F6N2O4. The van der Waals surface area contributed by atoms with Crippen LogP contribution in [0.1, 0.15) is 57.6 Å². The quantitative estimate of drug-likeness (QED) is 0.277. The van der Waals surface area contributed by atoms with E-state index in [1.165, 1.54) is 4.90 Å². The molecule has 47 heavy (non-hydrogen) atoms. The van der Waals surface area contributed by atoms with Crippen LogP contribution in [0.3, 0.4) is 0 Å². The van der Waals surface area contributed by atoms with Crippen LogP contribution in [0.25, 0.3) is 0 Å². The van der Waals surface area contributed by atoms with Gasteiger partial charge in [-0.2, -0.15) is 26.3 Å². The van der Waals surface area contributed by atoms with Gasteiger partial charge in [0.05, 0.1) is 13.2 Å². The number of carbonyl (C=O) groups excluding carboxylic acids is 1. The molecule has 0 spiro atoms. The molecule has 0 radical (unpaired) electrons. The van der Waals surface area contributed by atoms with Gasteiger partial charge in [-0.1, -0.05) is 60.7 Å². The van der Waals surface area contributed by atoms with Crippen LogP contribution >= 0.6 is 24.8 Å². The molecule has 4 rings (SSSR count). The zero-order chi connectivity index (χ0) is 33.1. The third-order valence-corrected chi connectivity index (χ3v) is 7.62. The van der Waals surface area contributed by atoms with Crippen molar-refractivity contribution in [2.75, 3.05) is 26.2 Å². The number of ether oxygens (including phenoxy) is 3. The van der Waals surface area contributed by atoms with Crippen LogP contribution in [-0.4, -0.2) is 67.3 Å². The van der Waals surface area contributed by atoms with Gasteiger partial charge in [-0.3, -0.25) is 0 Å². The maximum absolute atomic E-state index is 13.5. The molecule has 2 aliphatic rings. The number of carbonyl (C=O) groups is 1. The topological polar surface area (TPSA) is 60.0 Å². The Morgan fingerprint density at radius 3 is 1.47 bits per heavy atom. The van der Waals surface area contributed by atoms with Gasteiger partial charge in [-0.05, 0) is 82.5 Å². The molecule has 0 aromatic heterocycles. The van der Waals surface area contributed by atoms with E-state index in [2.05, 4.69) is 5.32 Å². The predicted molar refractivity (Wildman–Crippen MR) is 173 cm³/mol. The Morgan fingerprint density at radius 1 is 0.723 bits per heavy atom. The van der Waals surface area contributed by atoms with Gasteiger partial charge >= 0.3 is 18.4 Å². The van der Waals surface area contributed by atoms with Crippen molar-refractivity contribution >= 4 is 30.9 Å². The Kier molecular flexibility index (Phi) is 17.9. The average molecular weight is 720 g/mol. The Labute approximate surface area is 285 Å². The molecule has 1 amide bonds. The molecular weight excluding hydrogens is 673 g/mol. The number of amides is 1. The normalized spacial score (nSPS) is 17.7. The van der Waals surface area contributed by atoms with Crippen LogP contribution in [0.15, 0.2) is 60.7 Å². The lowest BCUT2D eigenvalue weighted by Crippen LogP contribution is -2.47. The van der Waals surface area contributed by atoms with Crippen molar-refractivity contribution in [1.29, 1.82) is 0 Å². The monoisotopic (exact) mass is 718 g/mol. The van der Waals surface area contributed by atoms with Gasteiger partial charge in [0.25, 0.3) is 0 Å². The summed E-state index contributed by atoms with van der Waals surface area (Å²) in [6.07, 6.45) is -11.2. The number of piperidine rings is 2. The van der Waals surface area contributed by atoms with Crippen LogP contribution in [0.2, 0.25) is 0 Å². The molecule has 2 unspecified atom stereocenters. The van der Waals surface area contributed by atoms with E-state index in [1.807, 2.05) is 6.07 Å². The summed E-state index contributed by atoms with van der Waals surface area (Å²) in [7, 11) is 0. The fourth-order valence-electron chi connectivity index (χ4n) is 5.37. The second-order valence-corrected chi connectivity index (χ2v) is 12.4. The summed E-state index contributed by atoms with van der Waals surface area (Å²) in [5.74, 6) is -1.11. The van der Waals surface area contributed by atoms with Gasteiger partial charge in [0.2, 0.25) is 0 Å². The highest BCUT2D eigenvalue weighted by Gasteiger charge is 2.47. The second kappa shape index (κ2) is 19.7. The van der Waals surface area contributed by atoms with E-state index in [-0.39, 0.29) is 64.0 Å². The number of halogens is 8. The largest absolute Gasteiger partial charge is 0.444 e. The molecule has 2 heterocycles. The highest BCUT2D eigenvalue weighted by Crippen LogP contribution is 2.35. The van der Waals surface area contributed by atoms with Crippen molar-refractivity contribution in [2.45, 2.75) is 89.8 Å². The van der Waals surface area contributed by atoms with E-state index in [9.17, 15) is 31.1 Å². The lowest BCUT2D eigenvalue weighted by Gasteiger charge is -2.37. The van der Waals surface area contributed by atoms with Gasteiger partial charge in [0, 0.05) is 13.1 Å². The maximum atomic E-state index is 13.5. The fraction of sp³-hybridized carbons (Fsp3) is 0.606. The van der Waals surface area contributed by atoms with E-state index >= 15 is 0 Å². The van der Waals surface area contributed by atoms with E-state index in [1.54, 1.807) is 75.4 Å². The molecule has 6 nitrogen and oxygen atoms in total. The zero-order valence-electron chi connectivity index (χ0n) is 26.8. The number of hydrogen-bond donors (Lipinski definition) is 1. The van der Waals surface area contributed by atoms with Gasteiger partial charge in [-0.15, -0.1) is 24.8 Å². The number of nitrogens with one attached hydrogen (secondary N) is 1. The summed E-state index contributed by atoms with van der Waals surface area (Å²) < 4.78 is 95.3. The second-order valence-electron chi connectivity index (χ2n) is 12.4. The smallest absolute Gasteiger partial charge is 0.414 e. The number of benzene rings is 2. The van der Waals surface area contributed by atoms with Crippen molar-refractivity contribution in [3.63, 3.8) is 0 Å². The molecule has 2 aromatic rings. The van der Waals surface area contributed by atoms with E-state index in [4.69, 9.17) is 14.2 Å². The molecule has 0 aliphatic carbocycles. The first-order valence-corrected chi connectivity index (χ1v) is 15.3. The molecule has 14 heteroatoms.